The fraction of sp³-hybridized carbons (Fsp3) is 0.373. The SMILES string of the molecule is CC(C)(C)c1ccc([O-])c(C(C)(C)C)c1Cl.CC(C)(C)c1ccc([O-])c(C(C)(C)C)c1Cl.CC1=C2C3C(=CC=C3[Si]2(C)C)S1.CC1=C2C3C(=CC=C3[Si]2(C)C)S1.CCc1cc2c(-c3ccc(C(C)(C)C)cc3)cccc2[cH-]1.Cc1cc2c(ccc3ccccc32)[cH-]1.[Zr+2].[Zr+2]. The van der Waals surface area contributed by atoms with Gasteiger partial charge in [0.15, 0.2) is 0 Å². The number of aryl methyl sites for hydroxylation is 2. The van der Waals surface area contributed by atoms with Crippen LogP contribution in [0.2, 0.25) is 36.2 Å². The first-order chi connectivity index (χ1) is 42.2. The van der Waals surface area contributed by atoms with Gasteiger partial charge in [-0.3, -0.25) is 0 Å². The average Bonchev–Trinajstić information content (AvgIpc) is 1.54. The summed E-state index contributed by atoms with van der Waals surface area (Å²) in [4.78, 5) is 6.42. The van der Waals surface area contributed by atoms with E-state index in [0.717, 1.165) is 40.5 Å². The average molecular weight is 1500 g/mol. The summed E-state index contributed by atoms with van der Waals surface area (Å²) in [7, 11) is -2.13. The van der Waals surface area contributed by atoms with Crippen molar-refractivity contribution in [3.05, 3.63) is 241 Å². The van der Waals surface area contributed by atoms with Crippen LogP contribution in [0.5, 0.6) is 11.5 Å². The molecule has 4 heterocycles. The van der Waals surface area contributed by atoms with Gasteiger partial charge >= 0.3 is 52.4 Å². The molecule has 0 amide bonds. The van der Waals surface area contributed by atoms with Crippen molar-refractivity contribution < 1.29 is 62.6 Å². The van der Waals surface area contributed by atoms with Crippen LogP contribution in [0, 0.1) is 18.8 Å². The van der Waals surface area contributed by atoms with Crippen molar-refractivity contribution in [1.29, 1.82) is 0 Å². The molecule has 6 aliphatic rings. The summed E-state index contributed by atoms with van der Waals surface area (Å²) in [6.45, 7) is 50.4. The molecular weight excluding hydrogens is 1400 g/mol. The minimum absolute atomic E-state index is 0. The maximum Gasteiger partial charge on any atom is 2.00 e. The van der Waals surface area contributed by atoms with Crippen LogP contribution in [-0.2, 0) is 85.9 Å². The van der Waals surface area contributed by atoms with Gasteiger partial charge in [0.05, 0.1) is 0 Å². The molecule has 2 fully saturated rings. The molecule has 8 aromatic rings. The van der Waals surface area contributed by atoms with Crippen molar-refractivity contribution >= 4 is 95.2 Å². The number of hydrogen-bond acceptors (Lipinski definition) is 4. The summed E-state index contributed by atoms with van der Waals surface area (Å²) in [6, 6.07) is 44.7. The number of allylic oxidation sites excluding steroid dienone is 12. The molecule has 0 spiro atoms. The van der Waals surface area contributed by atoms with Gasteiger partial charge in [0.25, 0.3) is 0 Å². The van der Waals surface area contributed by atoms with Crippen molar-refractivity contribution in [2.45, 2.75) is 191 Å². The Balaban J connectivity index is 0.000000159. The van der Waals surface area contributed by atoms with Gasteiger partial charge < -0.3 is 10.2 Å². The molecular formula is C83H98Cl2O2S2Si2Zr2. The largest absolute Gasteiger partial charge is 2.00 e. The van der Waals surface area contributed by atoms with E-state index in [-0.39, 0.29) is 91.0 Å². The van der Waals surface area contributed by atoms with Crippen LogP contribution in [0.15, 0.2) is 192 Å². The van der Waals surface area contributed by atoms with E-state index in [1.807, 2.05) is 87.6 Å². The number of hydrogen-bond donors (Lipinski definition) is 0. The zero-order chi connectivity index (χ0) is 67.0. The van der Waals surface area contributed by atoms with Gasteiger partial charge in [-0.2, -0.15) is 12.1 Å². The minimum atomic E-state index is -1.06. The summed E-state index contributed by atoms with van der Waals surface area (Å²) >= 11 is 16.8. The Morgan fingerprint density at radius 2 is 0.935 bits per heavy atom. The number of benzene rings is 6. The Morgan fingerprint density at radius 1 is 0.473 bits per heavy atom. The van der Waals surface area contributed by atoms with Crippen LogP contribution in [0.4, 0.5) is 0 Å². The Kier molecular flexibility index (Phi) is 23.6. The number of thioether (sulfide) groups is 2. The summed E-state index contributed by atoms with van der Waals surface area (Å²) in [5.74, 6) is 1.64. The van der Waals surface area contributed by atoms with E-state index in [9.17, 15) is 10.2 Å². The third-order valence-corrected chi connectivity index (χ3v) is 30.3. The maximum absolute atomic E-state index is 11.9. The minimum Gasteiger partial charge on any atom is -0.872 e. The molecule has 2 aliphatic carbocycles. The number of fused-ring (bicyclic) bond motifs is 4. The van der Waals surface area contributed by atoms with E-state index < -0.39 is 16.1 Å². The van der Waals surface area contributed by atoms with Crippen LogP contribution in [-0.4, -0.2) is 16.1 Å². The standard InChI is InChI=1S/C21H23.2C14H21ClO.C14H11.2C10H12SSi.2Zr/c1-5-15-13-17-7-6-8-19(20(17)14-15)16-9-11-18(12-10-16)21(2,3)4;2*1-13(2,3)9-7-8-10(16)11(12(9)15)14(4,5)6;1-10-8-12-7-6-11-4-2-3-5-13(11)14(12)9-10;2*1-6-10-9-7(11-6)4-5-8(9)12(10,2)3;;/h6-14H,5H2,1-4H3;2*7-8,16H,1-6H3;2-9H,1H3;2*4-5,9H,1-3H3;;/q-1;;;-1;;;2*+2/p-2. The molecule has 8 aromatic carbocycles. The third kappa shape index (κ3) is 15.8. The molecule has 0 N–H and O–H groups in total. The van der Waals surface area contributed by atoms with E-state index in [0.29, 0.717) is 10.0 Å². The van der Waals surface area contributed by atoms with E-state index in [2.05, 4.69) is 244 Å². The first-order valence-electron chi connectivity index (χ1n) is 32.7. The molecule has 2 unspecified atom stereocenters. The number of rotatable bonds is 2. The third-order valence-electron chi connectivity index (χ3n) is 19.1. The van der Waals surface area contributed by atoms with Gasteiger partial charge in [-0.05, 0) is 106 Å². The fourth-order valence-electron chi connectivity index (χ4n) is 14.3. The predicted octanol–water partition coefficient (Wildman–Crippen LogP) is 24.6. The Bertz CT molecular complexity index is 4160. The zero-order valence-electron chi connectivity index (χ0n) is 59.7. The second-order valence-electron chi connectivity index (χ2n) is 31.9. The second-order valence-corrected chi connectivity index (χ2v) is 44.0. The van der Waals surface area contributed by atoms with Crippen LogP contribution in [0.1, 0.15) is 164 Å². The normalized spacial score (nSPS) is 17.7. The van der Waals surface area contributed by atoms with E-state index in [1.165, 1.54) is 60.1 Å². The molecule has 10 heteroatoms. The van der Waals surface area contributed by atoms with Gasteiger partial charge in [-0.1, -0.05) is 332 Å². The molecule has 0 aromatic heterocycles. The van der Waals surface area contributed by atoms with E-state index in [1.54, 1.807) is 42.1 Å². The molecule has 2 nitrogen and oxygen atoms in total. The topological polar surface area (TPSA) is 46.1 Å². The van der Waals surface area contributed by atoms with Crippen LogP contribution < -0.4 is 10.2 Å². The molecule has 484 valence electrons. The molecule has 93 heavy (non-hydrogen) atoms. The molecule has 2 saturated heterocycles. The summed E-state index contributed by atoms with van der Waals surface area (Å²) < 4.78 is 0. The first-order valence-corrected chi connectivity index (χ1v) is 41.0. The van der Waals surface area contributed by atoms with Crippen molar-refractivity contribution in [2.24, 2.45) is 11.8 Å². The van der Waals surface area contributed by atoms with E-state index >= 15 is 0 Å². The quantitative estimate of drug-likeness (QED) is 0.128. The number of halogens is 2. The zero-order valence-corrected chi connectivity index (χ0v) is 69.7. The van der Waals surface area contributed by atoms with Gasteiger partial charge in [0.1, 0.15) is 16.1 Å². The Morgan fingerprint density at radius 3 is 1.38 bits per heavy atom. The smallest absolute Gasteiger partial charge is 0.872 e. The summed E-state index contributed by atoms with van der Waals surface area (Å²) in [5, 5.41) is 40.4. The van der Waals surface area contributed by atoms with Gasteiger partial charge in [-0.15, -0.1) is 74.5 Å². The Hall–Kier alpha value is -3.68. The molecule has 0 saturated carbocycles. The molecule has 0 radical (unpaired) electrons. The van der Waals surface area contributed by atoms with E-state index in [4.69, 9.17) is 23.2 Å². The van der Waals surface area contributed by atoms with Crippen LogP contribution in [0.25, 0.3) is 43.4 Å². The van der Waals surface area contributed by atoms with Crippen LogP contribution >= 0.6 is 46.7 Å². The Labute approximate surface area is 618 Å². The predicted molar refractivity (Wildman–Crippen MR) is 406 cm³/mol. The van der Waals surface area contributed by atoms with Gasteiger partial charge in [-0.25, -0.2) is 0 Å². The monoisotopic (exact) mass is 1500 g/mol. The van der Waals surface area contributed by atoms with Crippen LogP contribution in [0.3, 0.4) is 0 Å². The van der Waals surface area contributed by atoms with Crippen molar-refractivity contribution in [3.8, 4) is 22.6 Å². The molecule has 0 bridgehead atoms. The molecule has 4 aliphatic heterocycles. The van der Waals surface area contributed by atoms with Crippen molar-refractivity contribution in [2.75, 3.05) is 0 Å². The maximum atomic E-state index is 11.9. The van der Waals surface area contributed by atoms with Gasteiger partial charge in [0, 0.05) is 21.9 Å². The molecule has 2 atom stereocenters. The summed E-state index contributed by atoms with van der Waals surface area (Å²) in [5.41, 5.74) is 10.0. The first kappa shape index (κ1) is 76.7. The van der Waals surface area contributed by atoms with Crippen molar-refractivity contribution in [3.63, 3.8) is 0 Å². The fourth-order valence-corrected chi connectivity index (χ4v) is 27.2. The van der Waals surface area contributed by atoms with Crippen molar-refractivity contribution in [1.82, 2.24) is 0 Å². The second kappa shape index (κ2) is 28.6. The summed E-state index contributed by atoms with van der Waals surface area (Å²) in [6.07, 6.45) is 10.5. The molecule has 14 rings (SSSR count). The van der Waals surface area contributed by atoms with Gasteiger partial charge in [0.2, 0.25) is 0 Å².